The Morgan fingerprint density at radius 2 is 2.33 bits per heavy atom. The van der Waals surface area contributed by atoms with Crippen LogP contribution in [-0.2, 0) is 0 Å². The highest BCUT2D eigenvalue weighted by Gasteiger charge is 1.90. The second-order valence-corrected chi connectivity index (χ2v) is 1.29. The summed E-state index contributed by atoms with van der Waals surface area (Å²) in [7, 11) is 1.70. The molecule has 2 heteroatoms. The number of aliphatic hydroxyl groups is 1. The Labute approximate surface area is 38.2 Å². The van der Waals surface area contributed by atoms with Crippen LogP contribution in [0.3, 0.4) is 0 Å². The summed E-state index contributed by atoms with van der Waals surface area (Å²) in [6.07, 6.45) is 0. The van der Waals surface area contributed by atoms with E-state index in [1.54, 1.807) is 7.05 Å². The molecule has 0 bridgehead atoms. The smallest absolute Gasteiger partial charge is 0.0598 e. The van der Waals surface area contributed by atoms with E-state index >= 15 is 0 Å². The first-order chi connectivity index (χ1) is 2.81. The SMILES string of the molecule is C[N]C(C)CO. The van der Waals surface area contributed by atoms with Crippen molar-refractivity contribution in [1.82, 2.24) is 5.32 Å². The number of aliphatic hydroxyl groups excluding tert-OH is 1. The number of hydrogen-bond acceptors (Lipinski definition) is 1. The zero-order chi connectivity index (χ0) is 4.99. The van der Waals surface area contributed by atoms with Crippen molar-refractivity contribution in [2.24, 2.45) is 0 Å². The Morgan fingerprint density at radius 1 is 1.83 bits per heavy atom. The fourth-order valence-corrected chi connectivity index (χ4v) is 0.0816. The molecular formula is C4H10NO. The van der Waals surface area contributed by atoms with Gasteiger partial charge in [-0.15, -0.1) is 0 Å². The molecular weight excluding hydrogens is 78.0 g/mol. The predicted octanol–water partition coefficient (Wildman–Crippen LogP) is -0.399. The molecule has 0 aromatic carbocycles. The predicted molar refractivity (Wildman–Crippen MR) is 24.6 cm³/mol. The Bertz CT molecular complexity index is 26.7. The summed E-state index contributed by atoms with van der Waals surface area (Å²) in [5.41, 5.74) is 0. The van der Waals surface area contributed by atoms with Gasteiger partial charge in [0.05, 0.1) is 6.61 Å². The van der Waals surface area contributed by atoms with E-state index < -0.39 is 0 Å². The highest BCUT2D eigenvalue weighted by atomic mass is 16.3. The maximum Gasteiger partial charge on any atom is 0.0598 e. The second-order valence-electron chi connectivity index (χ2n) is 1.29. The molecule has 37 valence electrons. The Kier molecular flexibility index (Phi) is 3.08. The van der Waals surface area contributed by atoms with Gasteiger partial charge >= 0.3 is 0 Å². The van der Waals surface area contributed by atoms with Gasteiger partial charge in [0, 0.05) is 13.1 Å². The topological polar surface area (TPSA) is 34.3 Å². The maximum absolute atomic E-state index is 8.24. The van der Waals surface area contributed by atoms with E-state index in [1.807, 2.05) is 6.92 Å². The molecule has 0 aromatic heterocycles. The van der Waals surface area contributed by atoms with Crippen molar-refractivity contribution in [3.8, 4) is 0 Å². The van der Waals surface area contributed by atoms with Crippen LogP contribution in [-0.4, -0.2) is 24.8 Å². The van der Waals surface area contributed by atoms with E-state index in [4.69, 9.17) is 5.11 Å². The first kappa shape index (κ1) is 5.92. The van der Waals surface area contributed by atoms with E-state index in [9.17, 15) is 0 Å². The molecule has 0 aromatic rings. The van der Waals surface area contributed by atoms with Gasteiger partial charge < -0.3 is 5.11 Å². The Balaban J connectivity index is 2.75. The van der Waals surface area contributed by atoms with Crippen LogP contribution in [0, 0.1) is 0 Å². The second kappa shape index (κ2) is 3.12. The van der Waals surface area contributed by atoms with Crippen molar-refractivity contribution < 1.29 is 5.11 Å². The molecule has 0 aliphatic heterocycles. The van der Waals surface area contributed by atoms with Crippen molar-refractivity contribution in [2.75, 3.05) is 13.7 Å². The van der Waals surface area contributed by atoms with E-state index in [2.05, 4.69) is 5.32 Å². The van der Waals surface area contributed by atoms with Crippen LogP contribution in [0.1, 0.15) is 6.92 Å². The van der Waals surface area contributed by atoms with Crippen molar-refractivity contribution in [1.29, 1.82) is 0 Å². The molecule has 0 rings (SSSR count). The van der Waals surface area contributed by atoms with Crippen molar-refractivity contribution in [2.45, 2.75) is 13.0 Å². The van der Waals surface area contributed by atoms with Crippen LogP contribution in [0.25, 0.3) is 0 Å². The van der Waals surface area contributed by atoms with Crippen LogP contribution in [0.2, 0.25) is 0 Å². The van der Waals surface area contributed by atoms with Crippen LogP contribution < -0.4 is 5.32 Å². The fourth-order valence-electron chi connectivity index (χ4n) is 0.0816. The van der Waals surface area contributed by atoms with Gasteiger partial charge in [0.15, 0.2) is 0 Å². The van der Waals surface area contributed by atoms with Gasteiger partial charge in [-0.25, -0.2) is 5.32 Å². The van der Waals surface area contributed by atoms with Crippen LogP contribution >= 0.6 is 0 Å². The van der Waals surface area contributed by atoms with E-state index in [0.29, 0.717) is 0 Å². The quantitative estimate of drug-likeness (QED) is 0.489. The van der Waals surface area contributed by atoms with Crippen LogP contribution in [0.4, 0.5) is 0 Å². The third kappa shape index (κ3) is 2.18. The van der Waals surface area contributed by atoms with Gasteiger partial charge in [-0.3, -0.25) is 0 Å². The minimum Gasteiger partial charge on any atom is -0.395 e. The van der Waals surface area contributed by atoms with Crippen molar-refractivity contribution in [3.05, 3.63) is 0 Å². The zero-order valence-electron chi connectivity index (χ0n) is 4.18. The van der Waals surface area contributed by atoms with Gasteiger partial charge in [0.1, 0.15) is 0 Å². The molecule has 1 atom stereocenters. The molecule has 0 fully saturated rings. The molecule has 6 heavy (non-hydrogen) atoms. The van der Waals surface area contributed by atoms with Crippen molar-refractivity contribution in [3.63, 3.8) is 0 Å². The Morgan fingerprint density at radius 3 is 2.33 bits per heavy atom. The van der Waals surface area contributed by atoms with Crippen LogP contribution in [0.15, 0.2) is 0 Å². The molecule has 0 amide bonds. The standard InChI is InChI=1S/C4H10NO/c1-4(3-6)5-2/h4,6H,3H2,1-2H3. The summed E-state index contributed by atoms with van der Waals surface area (Å²) in [5.74, 6) is 0. The lowest BCUT2D eigenvalue weighted by atomic mass is 10.4. The largest absolute Gasteiger partial charge is 0.395 e. The zero-order valence-corrected chi connectivity index (χ0v) is 4.18. The number of rotatable bonds is 2. The summed E-state index contributed by atoms with van der Waals surface area (Å²) >= 11 is 0. The number of hydrogen-bond donors (Lipinski definition) is 1. The number of likely N-dealkylation sites (N-methyl/N-ethyl adjacent to an activating group) is 1. The highest BCUT2D eigenvalue weighted by Crippen LogP contribution is 1.72. The first-order valence-corrected chi connectivity index (χ1v) is 2.01. The van der Waals surface area contributed by atoms with Gasteiger partial charge in [0.2, 0.25) is 0 Å². The van der Waals surface area contributed by atoms with Crippen molar-refractivity contribution >= 4 is 0 Å². The van der Waals surface area contributed by atoms with Crippen LogP contribution in [0.5, 0.6) is 0 Å². The van der Waals surface area contributed by atoms with Gasteiger partial charge in [0.25, 0.3) is 0 Å². The average Bonchev–Trinajstić information content (AvgIpc) is 1.65. The number of nitrogens with zero attached hydrogens (tertiary/aromatic N) is 1. The minimum atomic E-state index is 0.116. The molecule has 1 unspecified atom stereocenters. The summed E-state index contributed by atoms with van der Waals surface area (Å²) < 4.78 is 0. The molecule has 0 heterocycles. The molecule has 0 aliphatic rings. The van der Waals surface area contributed by atoms with Gasteiger partial charge in [-0.05, 0) is 6.92 Å². The molecule has 1 N–H and O–H groups in total. The minimum absolute atomic E-state index is 0.116. The first-order valence-electron chi connectivity index (χ1n) is 2.01. The fraction of sp³-hybridized carbons (Fsp3) is 1.00. The highest BCUT2D eigenvalue weighted by molar-refractivity contribution is 4.49. The third-order valence-corrected chi connectivity index (χ3v) is 0.705. The van der Waals surface area contributed by atoms with E-state index in [0.717, 1.165) is 0 Å². The summed E-state index contributed by atoms with van der Waals surface area (Å²) in [5, 5.41) is 12.0. The van der Waals surface area contributed by atoms with Gasteiger partial charge in [-0.2, -0.15) is 0 Å². The summed E-state index contributed by atoms with van der Waals surface area (Å²) in [6, 6.07) is 0.116. The maximum atomic E-state index is 8.24. The molecule has 2 nitrogen and oxygen atoms in total. The lowest BCUT2D eigenvalue weighted by molar-refractivity contribution is 0.256. The summed E-state index contributed by atoms with van der Waals surface area (Å²) in [4.78, 5) is 0. The average molecular weight is 88.1 g/mol. The lowest BCUT2D eigenvalue weighted by Crippen LogP contribution is -2.17. The van der Waals surface area contributed by atoms with E-state index in [-0.39, 0.29) is 12.6 Å². The molecule has 0 aliphatic carbocycles. The molecule has 0 saturated carbocycles. The lowest BCUT2D eigenvalue weighted by Gasteiger charge is -1.98. The van der Waals surface area contributed by atoms with E-state index in [1.165, 1.54) is 0 Å². The Hall–Kier alpha value is -0.0800. The third-order valence-electron chi connectivity index (χ3n) is 0.705. The normalized spacial score (nSPS) is 14.5. The summed E-state index contributed by atoms with van der Waals surface area (Å²) in [6.45, 7) is 2.02. The molecule has 1 radical (unpaired) electrons. The molecule has 0 spiro atoms. The van der Waals surface area contributed by atoms with Gasteiger partial charge in [-0.1, -0.05) is 0 Å². The molecule has 0 saturated heterocycles. The monoisotopic (exact) mass is 88.1 g/mol.